The summed E-state index contributed by atoms with van der Waals surface area (Å²) >= 11 is 0. The molecule has 3 rings (SSSR count). The Morgan fingerprint density at radius 2 is 1.86 bits per heavy atom. The van der Waals surface area contributed by atoms with Crippen LogP contribution in [0.25, 0.3) is 0 Å². The average Bonchev–Trinajstić information content (AvgIpc) is 2.53. The highest BCUT2D eigenvalue weighted by molar-refractivity contribution is 5.53. The van der Waals surface area contributed by atoms with E-state index in [2.05, 4.69) is 35.2 Å². The number of nitrogens with zero attached hydrogens (tertiary/aromatic N) is 2. The molecule has 0 amide bonds. The van der Waals surface area contributed by atoms with Gasteiger partial charge in [0.05, 0.1) is 0 Å². The molecule has 1 aromatic rings. The van der Waals surface area contributed by atoms with Crippen molar-refractivity contribution in [2.24, 2.45) is 5.73 Å². The Bertz CT molecular complexity index is 677. The van der Waals surface area contributed by atoms with Crippen molar-refractivity contribution in [1.29, 1.82) is 5.26 Å². The summed E-state index contributed by atoms with van der Waals surface area (Å²) in [4.78, 5) is 2.06. The fourth-order valence-corrected chi connectivity index (χ4v) is 3.28. The van der Waals surface area contributed by atoms with E-state index < -0.39 is 0 Å². The van der Waals surface area contributed by atoms with Gasteiger partial charge in [0.1, 0.15) is 17.4 Å². The van der Waals surface area contributed by atoms with Crippen LogP contribution in [0.15, 0.2) is 47.1 Å². The Kier molecular flexibility index (Phi) is 3.81. The molecule has 0 aromatic heterocycles. The number of rotatable bonds is 2. The summed E-state index contributed by atoms with van der Waals surface area (Å²) < 4.78 is 5.71. The molecule has 1 atom stereocenters. The van der Waals surface area contributed by atoms with Gasteiger partial charge in [0.25, 0.3) is 0 Å². The Balaban J connectivity index is 2.05. The molecule has 0 spiro atoms. The number of nitrogens with two attached hydrogens (primary N) is 1. The topological polar surface area (TPSA) is 62.3 Å². The molecule has 1 heterocycles. The molecule has 0 radical (unpaired) electrons. The Morgan fingerprint density at radius 1 is 1.18 bits per heavy atom. The number of hydrogen-bond acceptors (Lipinski definition) is 4. The quantitative estimate of drug-likeness (QED) is 0.908. The van der Waals surface area contributed by atoms with Gasteiger partial charge in [-0.05, 0) is 42.5 Å². The summed E-state index contributed by atoms with van der Waals surface area (Å²) in [6.45, 7) is 0. The minimum absolute atomic E-state index is 0.0507. The lowest BCUT2D eigenvalue weighted by atomic mass is 9.78. The lowest BCUT2D eigenvalue weighted by Gasteiger charge is -2.32. The van der Waals surface area contributed by atoms with E-state index in [0.717, 1.165) is 42.7 Å². The molecular formula is C18H21N3O. The van der Waals surface area contributed by atoms with Crippen molar-refractivity contribution in [1.82, 2.24) is 0 Å². The zero-order valence-corrected chi connectivity index (χ0v) is 13.1. The first-order chi connectivity index (χ1) is 10.6. The van der Waals surface area contributed by atoms with Crippen LogP contribution in [0, 0.1) is 11.3 Å². The highest BCUT2D eigenvalue weighted by Crippen LogP contribution is 2.44. The molecule has 1 aromatic carbocycles. The molecular weight excluding hydrogens is 274 g/mol. The summed E-state index contributed by atoms with van der Waals surface area (Å²) in [6, 6.07) is 10.6. The summed E-state index contributed by atoms with van der Waals surface area (Å²) in [5.41, 5.74) is 10.0. The monoisotopic (exact) mass is 295 g/mol. The minimum atomic E-state index is -0.0507. The number of nitriles is 1. The average molecular weight is 295 g/mol. The van der Waals surface area contributed by atoms with Crippen molar-refractivity contribution < 1.29 is 4.74 Å². The smallest absolute Gasteiger partial charge is 0.205 e. The SMILES string of the molecule is CN(C)c1ccc(C2C(C#N)=C(N)OC3=C2CCCC3)cc1. The lowest BCUT2D eigenvalue weighted by Crippen LogP contribution is -2.22. The van der Waals surface area contributed by atoms with Gasteiger partial charge in [-0.2, -0.15) is 5.26 Å². The van der Waals surface area contributed by atoms with Crippen LogP contribution in [0.2, 0.25) is 0 Å². The molecule has 0 saturated heterocycles. The van der Waals surface area contributed by atoms with E-state index in [9.17, 15) is 5.26 Å². The molecule has 2 N–H and O–H groups in total. The molecule has 4 nitrogen and oxygen atoms in total. The van der Waals surface area contributed by atoms with Crippen LogP contribution >= 0.6 is 0 Å². The van der Waals surface area contributed by atoms with Gasteiger partial charge in [-0.1, -0.05) is 12.1 Å². The normalized spacial score (nSPS) is 21.0. The van der Waals surface area contributed by atoms with Crippen LogP contribution in [0.1, 0.15) is 37.2 Å². The molecule has 0 bridgehead atoms. The number of benzene rings is 1. The van der Waals surface area contributed by atoms with Crippen LogP contribution in [0.4, 0.5) is 5.69 Å². The van der Waals surface area contributed by atoms with E-state index in [4.69, 9.17) is 10.5 Å². The summed E-state index contributed by atoms with van der Waals surface area (Å²) in [5.74, 6) is 1.19. The van der Waals surface area contributed by atoms with Crippen LogP contribution in [-0.2, 0) is 4.74 Å². The molecule has 0 fully saturated rings. The van der Waals surface area contributed by atoms with Gasteiger partial charge in [0, 0.05) is 32.1 Å². The van der Waals surface area contributed by atoms with Crippen molar-refractivity contribution in [2.75, 3.05) is 19.0 Å². The number of anilines is 1. The van der Waals surface area contributed by atoms with Gasteiger partial charge in [0.15, 0.2) is 0 Å². The molecule has 1 unspecified atom stereocenters. The second-order valence-corrected chi connectivity index (χ2v) is 6.07. The van der Waals surface area contributed by atoms with Gasteiger partial charge in [-0.15, -0.1) is 0 Å². The van der Waals surface area contributed by atoms with E-state index in [1.165, 1.54) is 5.57 Å². The fourth-order valence-electron chi connectivity index (χ4n) is 3.28. The summed E-state index contributed by atoms with van der Waals surface area (Å²) in [7, 11) is 4.04. The largest absolute Gasteiger partial charge is 0.445 e. The highest BCUT2D eigenvalue weighted by Gasteiger charge is 2.33. The van der Waals surface area contributed by atoms with Crippen molar-refractivity contribution in [3.05, 3.63) is 52.6 Å². The fraction of sp³-hybridized carbons (Fsp3) is 0.389. The molecule has 4 heteroatoms. The standard InChI is InChI=1S/C18H21N3O/c1-21(2)13-9-7-12(8-10-13)17-14-5-3-4-6-16(14)22-18(20)15(17)11-19/h7-10,17H,3-6,20H2,1-2H3. The number of allylic oxidation sites excluding steroid dienone is 3. The van der Waals surface area contributed by atoms with E-state index in [1.54, 1.807) is 0 Å². The zero-order valence-electron chi connectivity index (χ0n) is 13.1. The second-order valence-electron chi connectivity index (χ2n) is 6.07. The highest BCUT2D eigenvalue weighted by atomic mass is 16.5. The van der Waals surface area contributed by atoms with E-state index in [0.29, 0.717) is 5.57 Å². The molecule has 0 saturated carbocycles. The van der Waals surface area contributed by atoms with E-state index in [-0.39, 0.29) is 11.8 Å². The zero-order chi connectivity index (χ0) is 15.7. The van der Waals surface area contributed by atoms with Crippen molar-refractivity contribution in [2.45, 2.75) is 31.6 Å². The van der Waals surface area contributed by atoms with Crippen molar-refractivity contribution in [3.63, 3.8) is 0 Å². The van der Waals surface area contributed by atoms with Crippen LogP contribution in [0.5, 0.6) is 0 Å². The minimum Gasteiger partial charge on any atom is -0.445 e. The predicted molar refractivity (Wildman–Crippen MR) is 86.9 cm³/mol. The third-order valence-corrected chi connectivity index (χ3v) is 4.46. The van der Waals surface area contributed by atoms with Crippen molar-refractivity contribution >= 4 is 5.69 Å². The summed E-state index contributed by atoms with van der Waals surface area (Å²) in [5, 5.41) is 9.53. The maximum absolute atomic E-state index is 9.53. The predicted octanol–water partition coefficient (Wildman–Crippen LogP) is 3.39. The van der Waals surface area contributed by atoms with Crippen LogP contribution in [0.3, 0.4) is 0 Å². The van der Waals surface area contributed by atoms with Crippen LogP contribution < -0.4 is 10.6 Å². The molecule has 114 valence electrons. The Labute approximate surface area is 131 Å². The summed E-state index contributed by atoms with van der Waals surface area (Å²) in [6.07, 6.45) is 4.17. The first-order valence-corrected chi connectivity index (χ1v) is 7.68. The van der Waals surface area contributed by atoms with E-state index >= 15 is 0 Å². The first-order valence-electron chi connectivity index (χ1n) is 7.68. The lowest BCUT2D eigenvalue weighted by molar-refractivity contribution is 0.251. The number of hydrogen-bond donors (Lipinski definition) is 1. The third kappa shape index (κ3) is 2.43. The first kappa shape index (κ1) is 14.5. The van der Waals surface area contributed by atoms with E-state index in [1.807, 2.05) is 14.1 Å². The second kappa shape index (κ2) is 5.76. The molecule has 22 heavy (non-hydrogen) atoms. The molecule has 1 aliphatic heterocycles. The van der Waals surface area contributed by atoms with Gasteiger partial charge in [0.2, 0.25) is 5.88 Å². The van der Waals surface area contributed by atoms with Gasteiger partial charge >= 0.3 is 0 Å². The molecule has 1 aliphatic carbocycles. The Morgan fingerprint density at radius 3 is 2.50 bits per heavy atom. The van der Waals surface area contributed by atoms with Crippen molar-refractivity contribution in [3.8, 4) is 6.07 Å². The Hall–Kier alpha value is -2.41. The maximum Gasteiger partial charge on any atom is 0.205 e. The third-order valence-electron chi connectivity index (χ3n) is 4.46. The maximum atomic E-state index is 9.53. The van der Waals surface area contributed by atoms with Crippen LogP contribution in [-0.4, -0.2) is 14.1 Å². The number of ether oxygens (including phenoxy) is 1. The molecule has 2 aliphatic rings. The van der Waals surface area contributed by atoms with Gasteiger partial charge < -0.3 is 15.4 Å². The van der Waals surface area contributed by atoms with Gasteiger partial charge in [-0.3, -0.25) is 0 Å². The van der Waals surface area contributed by atoms with Gasteiger partial charge in [-0.25, -0.2) is 0 Å².